The summed E-state index contributed by atoms with van der Waals surface area (Å²) in [6.45, 7) is 3.20. The van der Waals surface area contributed by atoms with Crippen LogP contribution in [0.25, 0.3) is 0 Å². The van der Waals surface area contributed by atoms with E-state index in [2.05, 4.69) is 4.98 Å². The van der Waals surface area contributed by atoms with Crippen molar-refractivity contribution in [2.75, 3.05) is 26.2 Å². The maximum atomic E-state index is 12.1. The number of carbonyl (C=O) groups excluding carboxylic acids is 2. The summed E-state index contributed by atoms with van der Waals surface area (Å²) in [7, 11) is 0. The van der Waals surface area contributed by atoms with Crippen molar-refractivity contribution in [3.8, 4) is 0 Å². The highest BCUT2D eigenvalue weighted by molar-refractivity contribution is 7.09. The van der Waals surface area contributed by atoms with Crippen LogP contribution in [0.15, 0.2) is 11.6 Å². The van der Waals surface area contributed by atoms with E-state index in [9.17, 15) is 9.59 Å². The molecule has 2 saturated heterocycles. The van der Waals surface area contributed by atoms with Crippen LogP contribution in [-0.2, 0) is 9.59 Å². The summed E-state index contributed by atoms with van der Waals surface area (Å²) in [5, 5.41) is 3.12. The second kappa shape index (κ2) is 6.56. The Bertz CT molecular complexity index is 497. The third kappa shape index (κ3) is 3.43. The molecule has 0 spiro atoms. The third-order valence-electron chi connectivity index (χ3n) is 4.27. The van der Waals surface area contributed by atoms with Gasteiger partial charge in [-0.25, -0.2) is 4.98 Å². The normalized spacial score (nSPS) is 19.7. The highest BCUT2D eigenvalue weighted by atomic mass is 32.1. The zero-order valence-corrected chi connectivity index (χ0v) is 13.0. The first-order chi connectivity index (χ1) is 10.2. The van der Waals surface area contributed by atoms with Gasteiger partial charge >= 0.3 is 0 Å². The van der Waals surface area contributed by atoms with Gasteiger partial charge in [-0.15, -0.1) is 11.3 Å². The van der Waals surface area contributed by atoms with Gasteiger partial charge in [0.2, 0.25) is 11.8 Å². The van der Waals surface area contributed by atoms with Crippen molar-refractivity contribution >= 4 is 23.2 Å². The first kappa shape index (κ1) is 14.5. The van der Waals surface area contributed by atoms with E-state index in [1.54, 1.807) is 11.3 Å². The van der Waals surface area contributed by atoms with Crippen molar-refractivity contribution in [2.45, 2.75) is 38.0 Å². The van der Waals surface area contributed by atoms with Crippen LogP contribution in [0.3, 0.4) is 0 Å². The molecule has 2 aliphatic heterocycles. The Hall–Kier alpha value is -1.43. The largest absolute Gasteiger partial charge is 0.343 e. The fraction of sp³-hybridized carbons (Fsp3) is 0.667. The number of hydrogen-bond acceptors (Lipinski definition) is 4. The number of thiazole rings is 1. The summed E-state index contributed by atoms with van der Waals surface area (Å²) in [4.78, 5) is 31.9. The van der Waals surface area contributed by atoms with Crippen LogP contribution in [0.4, 0.5) is 0 Å². The highest BCUT2D eigenvalue weighted by Crippen LogP contribution is 2.28. The molecule has 0 radical (unpaired) electrons. The van der Waals surface area contributed by atoms with Crippen LogP contribution in [0.5, 0.6) is 0 Å². The van der Waals surface area contributed by atoms with Crippen molar-refractivity contribution in [2.24, 2.45) is 0 Å². The maximum Gasteiger partial charge on any atom is 0.222 e. The minimum atomic E-state index is 0.215. The Morgan fingerprint density at radius 1 is 1.38 bits per heavy atom. The molecule has 21 heavy (non-hydrogen) atoms. The van der Waals surface area contributed by atoms with E-state index in [4.69, 9.17) is 0 Å². The molecule has 0 unspecified atom stereocenters. The SMILES string of the molecule is O=C1CCCCN1CCCC(=O)N1CC(c2nccs2)C1. The molecule has 2 aliphatic rings. The average molecular weight is 307 g/mol. The molecule has 3 heterocycles. The number of likely N-dealkylation sites (tertiary alicyclic amines) is 2. The monoisotopic (exact) mass is 307 g/mol. The standard InChI is InChI=1S/C15H21N3O2S/c19-13-4-1-2-7-17(13)8-3-5-14(20)18-10-12(11-18)15-16-6-9-21-15/h6,9,12H,1-5,7-8,10-11H2. The van der Waals surface area contributed by atoms with Gasteiger partial charge in [0.25, 0.3) is 0 Å². The summed E-state index contributed by atoms with van der Waals surface area (Å²) >= 11 is 1.66. The second-order valence-corrected chi connectivity index (χ2v) is 6.73. The summed E-state index contributed by atoms with van der Waals surface area (Å²) in [5.74, 6) is 0.895. The second-order valence-electron chi connectivity index (χ2n) is 5.81. The van der Waals surface area contributed by atoms with Crippen LogP contribution in [-0.4, -0.2) is 52.8 Å². The fourth-order valence-corrected chi connectivity index (χ4v) is 3.68. The molecular weight excluding hydrogens is 286 g/mol. The van der Waals surface area contributed by atoms with E-state index in [0.717, 1.165) is 50.4 Å². The van der Waals surface area contributed by atoms with Crippen molar-refractivity contribution in [1.82, 2.24) is 14.8 Å². The molecule has 1 aromatic heterocycles. The van der Waals surface area contributed by atoms with Gasteiger partial charge in [0, 0.05) is 56.5 Å². The number of hydrogen-bond donors (Lipinski definition) is 0. The molecule has 3 rings (SSSR count). The van der Waals surface area contributed by atoms with Gasteiger partial charge in [0.05, 0.1) is 5.01 Å². The van der Waals surface area contributed by atoms with Crippen molar-refractivity contribution in [1.29, 1.82) is 0 Å². The predicted molar refractivity (Wildman–Crippen MR) is 81.1 cm³/mol. The summed E-state index contributed by atoms with van der Waals surface area (Å²) in [6.07, 6.45) is 5.94. The van der Waals surface area contributed by atoms with E-state index < -0.39 is 0 Å². The molecular formula is C15H21N3O2S. The number of piperidine rings is 1. The number of carbonyl (C=O) groups is 2. The van der Waals surface area contributed by atoms with Crippen LogP contribution in [0, 0.1) is 0 Å². The molecule has 0 atom stereocenters. The van der Waals surface area contributed by atoms with E-state index in [1.165, 1.54) is 0 Å². The van der Waals surface area contributed by atoms with Crippen LogP contribution in [0.2, 0.25) is 0 Å². The molecule has 0 saturated carbocycles. The minimum absolute atomic E-state index is 0.215. The minimum Gasteiger partial charge on any atom is -0.343 e. The number of nitrogens with zero attached hydrogens (tertiary/aromatic N) is 3. The van der Waals surface area contributed by atoms with Gasteiger partial charge in [-0.3, -0.25) is 9.59 Å². The van der Waals surface area contributed by atoms with Gasteiger partial charge < -0.3 is 9.80 Å². The molecule has 0 aliphatic carbocycles. The third-order valence-corrected chi connectivity index (χ3v) is 5.21. The fourth-order valence-electron chi connectivity index (χ4n) is 2.95. The molecule has 2 amide bonds. The zero-order chi connectivity index (χ0) is 14.7. The van der Waals surface area contributed by atoms with Crippen molar-refractivity contribution < 1.29 is 9.59 Å². The summed E-state index contributed by atoms with van der Waals surface area (Å²) < 4.78 is 0. The Labute approximate surface area is 129 Å². The first-order valence-electron chi connectivity index (χ1n) is 7.69. The Balaban J connectivity index is 1.35. The predicted octanol–water partition coefficient (Wildman–Crippen LogP) is 1.86. The van der Waals surface area contributed by atoms with Crippen LogP contribution >= 0.6 is 11.3 Å². The lowest BCUT2D eigenvalue weighted by atomic mass is 10.0. The molecule has 0 aromatic carbocycles. The van der Waals surface area contributed by atoms with E-state index in [1.807, 2.05) is 21.4 Å². The number of amides is 2. The van der Waals surface area contributed by atoms with E-state index in [-0.39, 0.29) is 11.8 Å². The molecule has 1 aromatic rings. The number of aromatic nitrogens is 1. The zero-order valence-electron chi connectivity index (χ0n) is 12.2. The van der Waals surface area contributed by atoms with Crippen molar-refractivity contribution in [3.63, 3.8) is 0 Å². The molecule has 5 nitrogen and oxygen atoms in total. The highest BCUT2D eigenvalue weighted by Gasteiger charge is 2.32. The smallest absolute Gasteiger partial charge is 0.222 e. The average Bonchev–Trinajstić information content (AvgIpc) is 2.93. The van der Waals surface area contributed by atoms with Gasteiger partial charge in [-0.2, -0.15) is 0 Å². The molecule has 2 fully saturated rings. The van der Waals surface area contributed by atoms with Gasteiger partial charge in [-0.05, 0) is 19.3 Å². The van der Waals surface area contributed by atoms with Gasteiger partial charge in [0.1, 0.15) is 0 Å². The maximum absolute atomic E-state index is 12.1. The van der Waals surface area contributed by atoms with E-state index >= 15 is 0 Å². The topological polar surface area (TPSA) is 53.5 Å². The van der Waals surface area contributed by atoms with Crippen LogP contribution in [0.1, 0.15) is 43.0 Å². The Morgan fingerprint density at radius 2 is 2.24 bits per heavy atom. The molecule has 0 N–H and O–H groups in total. The lowest BCUT2D eigenvalue weighted by molar-refractivity contribution is -0.137. The summed E-state index contributed by atoms with van der Waals surface area (Å²) in [5.41, 5.74) is 0. The first-order valence-corrected chi connectivity index (χ1v) is 8.57. The lowest BCUT2D eigenvalue weighted by Crippen LogP contribution is -2.48. The summed E-state index contributed by atoms with van der Waals surface area (Å²) in [6, 6.07) is 0. The lowest BCUT2D eigenvalue weighted by Gasteiger charge is -2.38. The van der Waals surface area contributed by atoms with Gasteiger partial charge in [0.15, 0.2) is 0 Å². The van der Waals surface area contributed by atoms with Gasteiger partial charge in [-0.1, -0.05) is 0 Å². The van der Waals surface area contributed by atoms with Crippen molar-refractivity contribution in [3.05, 3.63) is 16.6 Å². The molecule has 114 valence electrons. The molecule has 0 bridgehead atoms. The Kier molecular flexibility index (Phi) is 4.53. The Morgan fingerprint density at radius 3 is 2.95 bits per heavy atom. The van der Waals surface area contributed by atoms with Crippen LogP contribution < -0.4 is 0 Å². The number of rotatable bonds is 5. The molecule has 6 heteroatoms. The quantitative estimate of drug-likeness (QED) is 0.834. The van der Waals surface area contributed by atoms with E-state index in [0.29, 0.717) is 18.8 Å².